The molecule has 22 heavy (non-hydrogen) atoms. The highest BCUT2D eigenvalue weighted by Gasteiger charge is 2.25. The number of hydrogen-bond donors (Lipinski definition) is 0. The third-order valence-electron chi connectivity index (χ3n) is 3.93. The Labute approximate surface area is 134 Å². The van der Waals surface area contributed by atoms with Gasteiger partial charge in [-0.05, 0) is 37.5 Å². The fourth-order valence-electron chi connectivity index (χ4n) is 2.42. The van der Waals surface area contributed by atoms with Crippen molar-refractivity contribution in [1.82, 2.24) is 0 Å². The molecule has 0 atom stereocenters. The highest BCUT2D eigenvalue weighted by Crippen LogP contribution is 2.34. The largest absolute Gasteiger partial charge is 0.490 e. The zero-order valence-electron chi connectivity index (χ0n) is 13.7. The number of rotatable bonds is 12. The van der Waals surface area contributed by atoms with E-state index >= 15 is 0 Å². The smallest absolute Gasteiger partial charge is 0.162 e. The summed E-state index contributed by atoms with van der Waals surface area (Å²) in [4.78, 5) is 10.9. The van der Waals surface area contributed by atoms with E-state index in [0.29, 0.717) is 11.7 Å². The van der Waals surface area contributed by atoms with Gasteiger partial charge in [0.25, 0.3) is 0 Å². The number of ether oxygens (including phenoxy) is 2. The molecule has 0 heterocycles. The molecule has 1 aliphatic rings. The van der Waals surface area contributed by atoms with Crippen molar-refractivity contribution in [2.24, 2.45) is 0 Å². The SMILES string of the molecule is CCCCCCCCCOc1ccc(C=O)cc1OC1CC1. The summed E-state index contributed by atoms with van der Waals surface area (Å²) in [5.41, 5.74) is 0.638. The Hall–Kier alpha value is -1.51. The number of carbonyl (C=O) groups excluding carboxylic acids is 1. The summed E-state index contributed by atoms with van der Waals surface area (Å²) in [6.07, 6.45) is 12.3. The van der Waals surface area contributed by atoms with Crippen LogP contribution < -0.4 is 9.47 Å². The maximum Gasteiger partial charge on any atom is 0.162 e. The summed E-state index contributed by atoms with van der Waals surface area (Å²) in [6, 6.07) is 5.42. The second kappa shape index (κ2) is 9.50. The van der Waals surface area contributed by atoms with E-state index in [1.54, 1.807) is 12.1 Å². The van der Waals surface area contributed by atoms with Crippen molar-refractivity contribution in [1.29, 1.82) is 0 Å². The molecule has 1 aliphatic carbocycles. The summed E-state index contributed by atoms with van der Waals surface area (Å²) in [7, 11) is 0. The van der Waals surface area contributed by atoms with Crippen LogP contribution in [0.25, 0.3) is 0 Å². The van der Waals surface area contributed by atoms with Crippen LogP contribution in [0.5, 0.6) is 11.5 Å². The number of carbonyl (C=O) groups is 1. The molecule has 0 aromatic heterocycles. The lowest BCUT2D eigenvalue weighted by Gasteiger charge is -2.13. The van der Waals surface area contributed by atoms with Gasteiger partial charge >= 0.3 is 0 Å². The Morgan fingerprint density at radius 1 is 1.05 bits per heavy atom. The van der Waals surface area contributed by atoms with Crippen molar-refractivity contribution in [2.75, 3.05) is 6.61 Å². The average molecular weight is 304 g/mol. The second-order valence-corrected chi connectivity index (χ2v) is 6.11. The molecule has 0 aliphatic heterocycles. The van der Waals surface area contributed by atoms with Gasteiger partial charge in [0.15, 0.2) is 11.5 Å². The standard InChI is InChI=1S/C19H28O3/c1-2-3-4-5-6-7-8-13-21-18-12-9-16(15-20)14-19(18)22-17-10-11-17/h9,12,14-15,17H,2-8,10-11,13H2,1H3. The van der Waals surface area contributed by atoms with Crippen molar-refractivity contribution in [3.05, 3.63) is 23.8 Å². The predicted octanol–water partition coefficient (Wildman–Crippen LogP) is 5.17. The van der Waals surface area contributed by atoms with E-state index in [2.05, 4.69) is 6.92 Å². The van der Waals surface area contributed by atoms with E-state index in [9.17, 15) is 4.79 Å². The lowest BCUT2D eigenvalue weighted by molar-refractivity contribution is 0.112. The number of aldehydes is 1. The Morgan fingerprint density at radius 2 is 1.77 bits per heavy atom. The van der Waals surface area contributed by atoms with Crippen LogP contribution in [-0.2, 0) is 0 Å². The lowest BCUT2D eigenvalue weighted by atomic mass is 10.1. The molecule has 1 aromatic carbocycles. The van der Waals surface area contributed by atoms with Crippen molar-refractivity contribution < 1.29 is 14.3 Å². The molecule has 0 saturated heterocycles. The molecule has 1 fully saturated rings. The monoisotopic (exact) mass is 304 g/mol. The molecular weight excluding hydrogens is 276 g/mol. The maximum atomic E-state index is 10.9. The van der Waals surface area contributed by atoms with Crippen LogP contribution >= 0.6 is 0 Å². The summed E-state index contributed by atoms with van der Waals surface area (Å²) in [6.45, 7) is 2.96. The first-order valence-corrected chi connectivity index (χ1v) is 8.72. The minimum Gasteiger partial charge on any atom is -0.490 e. The van der Waals surface area contributed by atoms with Gasteiger partial charge in [0.1, 0.15) is 6.29 Å². The van der Waals surface area contributed by atoms with Crippen LogP contribution in [0.4, 0.5) is 0 Å². The summed E-state index contributed by atoms with van der Waals surface area (Å²) in [5, 5.41) is 0. The molecule has 0 unspecified atom stereocenters. The summed E-state index contributed by atoms with van der Waals surface area (Å²) in [5.74, 6) is 1.48. The fourth-order valence-corrected chi connectivity index (χ4v) is 2.42. The van der Waals surface area contributed by atoms with Gasteiger partial charge in [-0.25, -0.2) is 0 Å². The molecule has 0 N–H and O–H groups in total. The molecular formula is C19H28O3. The highest BCUT2D eigenvalue weighted by molar-refractivity contribution is 5.76. The van der Waals surface area contributed by atoms with Gasteiger partial charge < -0.3 is 9.47 Å². The predicted molar refractivity (Wildman–Crippen MR) is 89.0 cm³/mol. The molecule has 3 heteroatoms. The van der Waals surface area contributed by atoms with Gasteiger partial charge in [-0.2, -0.15) is 0 Å². The lowest BCUT2D eigenvalue weighted by Crippen LogP contribution is -2.03. The third kappa shape index (κ3) is 6.08. The number of unbranched alkanes of at least 4 members (excludes halogenated alkanes) is 6. The fraction of sp³-hybridized carbons (Fsp3) is 0.632. The van der Waals surface area contributed by atoms with E-state index in [1.165, 1.54) is 38.5 Å². The van der Waals surface area contributed by atoms with E-state index < -0.39 is 0 Å². The summed E-state index contributed by atoms with van der Waals surface area (Å²) < 4.78 is 11.7. The van der Waals surface area contributed by atoms with Crippen LogP contribution in [-0.4, -0.2) is 19.0 Å². The van der Waals surface area contributed by atoms with Gasteiger partial charge in [0.2, 0.25) is 0 Å². The Morgan fingerprint density at radius 3 is 2.45 bits per heavy atom. The Kier molecular flexibility index (Phi) is 7.27. The maximum absolute atomic E-state index is 10.9. The van der Waals surface area contributed by atoms with Crippen molar-refractivity contribution >= 4 is 6.29 Å². The quantitative estimate of drug-likeness (QED) is 0.395. The van der Waals surface area contributed by atoms with E-state index in [1.807, 2.05) is 6.07 Å². The van der Waals surface area contributed by atoms with Gasteiger partial charge in [-0.3, -0.25) is 4.79 Å². The molecule has 0 radical (unpaired) electrons. The Bertz CT molecular complexity index is 452. The van der Waals surface area contributed by atoms with Crippen LogP contribution in [0.3, 0.4) is 0 Å². The topological polar surface area (TPSA) is 35.5 Å². The minimum absolute atomic E-state index is 0.308. The molecule has 0 spiro atoms. The zero-order valence-corrected chi connectivity index (χ0v) is 13.7. The van der Waals surface area contributed by atoms with E-state index in [0.717, 1.165) is 43.7 Å². The molecule has 122 valence electrons. The average Bonchev–Trinajstić information content (AvgIpc) is 3.35. The van der Waals surface area contributed by atoms with Gasteiger partial charge in [-0.15, -0.1) is 0 Å². The third-order valence-corrected chi connectivity index (χ3v) is 3.93. The van der Waals surface area contributed by atoms with Gasteiger partial charge in [-0.1, -0.05) is 45.4 Å². The normalized spacial score (nSPS) is 13.9. The zero-order chi connectivity index (χ0) is 15.6. The number of benzene rings is 1. The van der Waals surface area contributed by atoms with E-state index in [4.69, 9.17) is 9.47 Å². The van der Waals surface area contributed by atoms with Crippen molar-refractivity contribution in [3.8, 4) is 11.5 Å². The van der Waals surface area contributed by atoms with Crippen molar-refractivity contribution in [2.45, 2.75) is 70.8 Å². The molecule has 3 nitrogen and oxygen atoms in total. The van der Waals surface area contributed by atoms with Crippen LogP contribution in [0.2, 0.25) is 0 Å². The first-order chi connectivity index (χ1) is 10.8. The molecule has 1 saturated carbocycles. The van der Waals surface area contributed by atoms with Crippen LogP contribution in [0, 0.1) is 0 Å². The van der Waals surface area contributed by atoms with Gasteiger partial charge in [0, 0.05) is 5.56 Å². The van der Waals surface area contributed by atoms with Crippen LogP contribution in [0.1, 0.15) is 75.1 Å². The summed E-state index contributed by atoms with van der Waals surface area (Å²) >= 11 is 0. The molecule has 0 amide bonds. The first kappa shape index (κ1) is 16.9. The molecule has 1 aromatic rings. The highest BCUT2D eigenvalue weighted by atomic mass is 16.5. The molecule has 0 bridgehead atoms. The first-order valence-electron chi connectivity index (χ1n) is 8.72. The number of hydrogen-bond acceptors (Lipinski definition) is 3. The minimum atomic E-state index is 0.308. The second-order valence-electron chi connectivity index (χ2n) is 6.11. The Balaban J connectivity index is 1.70. The van der Waals surface area contributed by atoms with Crippen LogP contribution in [0.15, 0.2) is 18.2 Å². The van der Waals surface area contributed by atoms with E-state index in [-0.39, 0.29) is 0 Å². The van der Waals surface area contributed by atoms with Gasteiger partial charge in [0.05, 0.1) is 12.7 Å². The molecule has 2 rings (SSSR count). The van der Waals surface area contributed by atoms with Crippen molar-refractivity contribution in [3.63, 3.8) is 0 Å².